The van der Waals surface area contributed by atoms with Crippen molar-refractivity contribution in [3.63, 3.8) is 0 Å². The van der Waals surface area contributed by atoms with Gasteiger partial charge in [0.05, 0.1) is 16.1 Å². The highest BCUT2D eigenvalue weighted by atomic mass is 35.5. The Labute approximate surface area is 174 Å². The SMILES string of the molecule is CC(C)(C)N(NC(=O)c1ccc(CCCl)cc1)C(=O)c1ccc(Cl)cc1Cl. The van der Waals surface area contributed by atoms with Gasteiger partial charge < -0.3 is 0 Å². The molecule has 144 valence electrons. The minimum absolute atomic E-state index is 0.224. The molecule has 2 amide bonds. The molecule has 27 heavy (non-hydrogen) atoms. The Balaban J connectivity index is 2.26. The van der Waals surface area contributed by atoms with Gasteiger partial charge in [-0.15, -0.1) is 11.6 Å². The van der Waals surface area contributed by atoms with E-state index in [1.165, 1.54) is 11.1 Å². The molecule has 0 unspecified atom stereocenters. The Kier molecular flexibility index (Phi) is 7.15. The molecule has 0 aliphatic carbocycles. The number of halogens is 3. The van der Waals surface area contributed by atoms with Crippen LogP contribution in [-0.4, -0.2) is 28.2 Å². The van der Waals surface area contributed by atoms with Gasteiger partial charge >= 0.3 is 0 Å². The minimum Gasteiger partial charge on any atom is -0.267 e. The first kappa shape index (κ1) is 21.5. The molecule has 0 radical (unpaired) electrons. The van der Waals surface area contributed by atoms with Crippen LogP contribution in [0.4, 0.5) is 0 Å². The van der Waals surface area contributed by atoms with Crippen LogP contribution in [0.2, 0.25) is 10.0 Å². The lowest BCUT2D eigenvalue weighted by Gasteiger charge is -2.35. The van der Waals surface area contributed by atoms with Crippen molar-refractivity contribution in [2.75, 3.05) is 5.88 Å². The van der Waals surface area contributed by atoms with Crippen molar-refractivity contribution in [3.05, 3.63) is 69.2 Å². The maximum atomic E-state index is 13.0. The van der Waals surface area contributed by atoms with E-state index in [9.17, 15) is 9.59 Å². The first-order chi connectivity index (χ1) is 12.6. The average Bonchev–Trinajstić information content (AvgIpc) is 2.59. The molecule has 4 nitrogen and oxygen atoms in total. The molecular formula is C20H21Cl3N2O2. The van der Waals surface area contributed by atoms with E-state index < -0.39 is 11.4 Å². The fraction of sp³-hybridized carbons (Fsp3) is 0.300. The van der Waals surface area contributed by atoms with Gasteiger partial charge in [-0.05, 0) is 63.1 Å². The molecule has 0 aliphatic rings. The summed E-state index contributed by atoms with van der Waals surface area (Å²) in [4.78, 5) is 25.7. The second-order valence-corrected chi connectivity index (χ2v) is 8.23. The molecular weight excluding hydrogens is 407 g/mol. The Morgan fingerprint density at radius 2 is 1.67 bits per heavy atom. The van der Waals surface area contributed by atoms with E-state index in [0.29, 0.717) is 16.5 Å². The zero-order chi connectivity index (χ0) is 20.2. The van der Waals surface area contributed by atoms with E-state index in [-0.39, 0.29) is 16.5 Å². The summed E-state index contributed by atoms with van der Waals surface area (Å²) in [6.45, 7) is 5.45. The van der Waals surface area contributed by atoms with E-state index in [4.69, 9.17) is 34.8 Å². The average molecular weight is 428 g/mol. The summed E-state index contributed by atoms with van der Waals surface area (Å²) in [5, 5.41) is 1.93. The smallest absolute Gasteiger partial charge is 0.267 e. The number of aryl methyl sites for hydroxylation is 1. The number of hydrogen-bond acceptors (Lipinski definition) is 2. The summed E-state index contributed by atoms with van der Waals surface area (Å²) >= 11 is 17.8. The number of nitrogens with zero attached hydrogens (tertiary/aromatic N) is 1. The molecule has 7 heteroatoms. The number of carbonyl (C=O) groups is 2. The van der Waals surface area contributed by atoms with Gasteiger partial charge in [0.25, 0.3) is 11.8 Å². The third-order valence-electron chi connectivity index (χ3n) is 3.85. The normalized spacial score (nSPS) is 11.2. The van der Waals surface area contributed by atoms with Crippen LogP contribution in [0.5, 0.6) is 0 Å². The van der Waals surface area contributed by atoms with Gasteiger partial charge in [-0.2, -0.15) is 0 Å². The molecule has 0 atom stereocenters. The first-order valence-electron chi connectivity index (χ1n) is 8.39. The lowest BCUT2D eigenvalue weighted by atomic mass is 10.1. The van der Waals surface area contributed by atoms with Gasteiger partial charge in [0, 0.05) is 16.5 Å². The third-order valence-corrected chi connectivity index (χ3v) is 4.58. The van der Waals surface area contributed by atoms with Gasteiger partial charge in [-0.1, -0.05) is 35.3 Å². The lowest BCUT2D eigenvalue weighted by molar-refractivity contribution is 0.0359. The highest BCUT2D eigenvalue weighted by Crippen LogP contribution is 2.24. The molecule has 0 aliphatic heterocycles. The van der Waals surface area contributed by atoms with E-state index in [2.05, 4.69) is 5.43 Å². The number of amides is 2. The number of rotatable bonds is 4. The minimum atomic E-state index is -0.672. The zero-order valence-electron chi connectivity index (χ0n) is 15.4. The maximum absolute atomic E-state index is 13.0. The van der Waals surface area contributed by atoms with Crippen LogP contribution in [0.1, 0.15) is 47.1 Å². The van der Waals surface area contributed by atoms with E-state index in [0.717, 1.165) is 12.0 Å². The molecule has 2 rings (SSSR count). The van der Waals surface area contributed by atoms with E-state index in [1.54, 1.807) is 24.3 Å². The van der Waals surface area contributed by atoms with Gasteiger partial charge in [0.1, 0.15) is 0 Å². The van der Waals surface area contributed by atoms with E-state index in [1.807, 2.05) is 32.9 Å². The van der Waals surface area contributed by atoms with Crippen LogP contribution in [0.3, 0.4) is 0 Å². The topological polar surface area (TPSA) is 49.4 Å². The fourth-order valence-corrected chi connectivity index (χ4v) is 3.11. The molecule has 0 fully saturated rings. The van der Waals surface area contributed by atoms with Crippen molar-refractivity contribution in [2.24, 2.45) is 0 Å². The van der Waals surface area contributed by atoms with Crippen molar-refractivity contribution in [1.29, 1.82) is 0 Å². The monoisotopic (exact) mass is 426 g/mol. The Morgan fingerprint density at radius 3 is 2.19 bits per heavy atom. The molecule has 0 saturated carbocycles. The van der Waals surface area contributed by atoms with Gasteiger partial charge in [-0.3, -0.25) is 15.0 Å². The van der Waals surface area contributed by atoms with Crippen molar-refractivity contribution in [3.8, 4) is 0 Å². The van der Waals surface area contributed by atoms with Crippen molar-refractivity contribution >= 4 is 46.6 Å². The van der Waals surface area contributed by atoms with Crippen LogP contribution in [0, 0.1) is 0 Å². The molecule has 1 N–H and O–H groups in total. The van der Waals surface area contributed by atoms with Crippen LogP contribution in [0.25, 0.3) is 0 Å². The Bertz CT molecular complexity index is 830. The largest absolute Gasteiger partial charge is 0.274 e. The summed E-state index contributed by atoms with van der Waals surface area (Å²) in [7, 11) is 0. The van der Waals surface area contributed by atoms with Gasteiger partial charge in [-0.25, -0.2) is 5.01 Å². The predicted octanol–water partition coefficient (Wildman–Crippen LogP) is 5.36. The summed E-state index contributed by atoms with van der Waals surface area (Å²) in [6, 6.07) is 11.7. The van der Waals surface area contributed by atoms with Crippen molar-refractivity contribution < 1.29 is 9.59 Å². The number of alkyl halides is 1. The molecule has 2 aromatic carbocycles. The Hall–Kier alpha value is -1.75. The quantitative estimate of drug-likeness (QED) is 0.527. The summed E-state index contributed by atoms with van der Waals surface area (Å²) in [6.07, 6.45) is 0.727. The fourth-order valence-electron chi connectivity index (χ4n) is 2.40. The highest BCUT2D eigenvalue weighted by molar-refractivity contribution is 6.36. The molecule has 2 aromatic rings. The highest BCUT2D eigenvalue weighted by Gasteiger charge is 2.30. The van der Waals surface area contributed by atoms with Crippen LogP contribution < -0.4 is 5.43 Å². The molecule has 0 saturated heterocycles. The molecule has 0 heterocycles. The number of hydrazine groups is 1. The van der Waals surface area contributed by atoms with E-state index >= 15 is 0 Å². The predicted molar refractivity (Wildman–Crippen MR) is 111 cm³/mol. The third kappa shape index (κ3) is 5.61. The second kappa shape index (κ2) is 8.96. The zero-order valence-corrected chi connectivity index (χ0v) is 17.6. The lowest BCUT2D eigenvalue weighted by Crippen LogP contribution is -2.55. The van der Waals surface area contributed by atoms with Crippen LogP contribution in [0.15, 0.2) is 42.5 Å². The number of carbonyl (C=O) groups excluding carboxylic acids is 2. The van der Waals surface area contributed by atoms with Crippen LogP contribution in [-0.2, 0) is 6.42 Å². The number of hydrogen-bond donors (Lipinski definition) is 1. The summed E-state index contributed by atoms with van der Waals surface area (Å²) < 4.78 is 0. The number of benzene rings is 2. The molecule has 0 spiro atoms. The van der Waals surface area contributed by atoms with Gasteiger partial charge in [0.2, 0.25) is 0 Å². The van der Waals surface area contributed by atoms with Gasteiger partial charge in [0.15, 0.2) is 0 Å². The maximum Gasteiger partial charge on any atom is 0.274 e. The summed E-state index contributed by atoms with van der Waals surface area (Å²) in [5.74, 6) is -0.295. The first-order valence-corrected chi connectivity index (χ1v) is 9.68. The molecule has 0 bridgehead atoms. The van der Waals surface area contributed by atoms with Crippen molar-refractivity contribution in [2.45, 2.75) is 32.7 Å². The number of nitrogens with one attached hydrogen (secondary N) is 1. The van der Waals surface area contributed by atoms with Crippen molar-refractivity contribution in [1.82, 2.24) is 10.4 Å². The molecule has 0 aromatic heterocycles. The summed E-state index contributed by atoms with van der Waals surface area (Å²) in [5.41, 5.74) is 3.76. The Morgan fingerprint density at radius 1 is 1.04 bits per heavy atom. The second-order valence-electron chi connectivity index (χ2n) is 7.01. The van der Waals surface area contributed by atoms with Crippen LogP contribution >= 0.6 is 34.8 Å². The standard InChI is InChI=1S/C20H21Cl3N2O2/c1-20(2,3)25(19(27)16-9-8-15(22)12-17(16)23)24-18(26)14-6-4-13(5-7-14)10-11-21/h4-9,12H,10-11H2,1-3H3,(H,24,26).